The summed E-state index contributed by atoms with van der Waals surface area (Å²) in [7, 11) is 0. The van der Waals surface area contributed by atoms with Crippen molar-refractivity contribution in [2.75, 3.05) is 0 Å². The summed E-state index contributed by atoms with van der Waals surface area (Å²) >= 11 is 0. The van der Waals surface area contributed by atoms with E-state index in [1.807, 2.05) is 19.9 Å². The molecule has 0 unspecified atom stereocenters. The van der Waals surface area contributed by atoms with E-state index in [-0.39, 0.29) is 11.1 Å². The second-order valence-corrected chi connectivity index (χ2v) is 5.21. The van der Waals surface area contributed by atoms with E-state index >= 15 is 0 Å². The van der Waals surface area contributed by atoms with E-state index in [2.05, 4.69) is 0 Å². The molecule has 5 heteroatoms. The lowest BCUT2D eigenvalue weighted by atomic mass is 10.1. The van der Waals surface area contributed by atoms with Gasteiger partial charge < -0.3 is 4.84 Å². The van der Waals surface area contributed by atoms with Gasteiger partial charge in [-0.25, -0.2) is 4.79 Å². The molecular weight excluding hydrogens is 282 g/mol. The summed E-state index contributed by atoms with van der Waals surface area (Å²) < 4.78 is 0. The van der Waals surface area contributed by atoms with Gasteiger partial charge in [0, 0.05) is 0 Å². The Bertz CT molecular complexity index is 755. The number of hydrogen-bond donors (Lipinski definition) is 0. The molecular formula is C17H13NO4. The van der Waals surface area contributed by atoms with Gasteiger partial charge in [0.2, 0.25) is 0 Å². The molecule has 0 fully saturated rings. The van der Waals surface area contributed by atoms with Crippen LogP contribution in [0.15, 0.2) is 42.5 Å². The molecule has 0 atom stereocenters. The highest BCUT2D eigenvalue weighted by Gasteiger charge is 2.38. The van der Waals surface area contributed by atoms with Gasteiger partial charge in [0.05, 0.1) is 16.7 Å². The smallest absolute Gasteiger partial charge is 0.324 e. The number of hydrogen-bond acceptors (Lipinski definition) is 4. The van der Waals surface area contributed by atoms with Gasteiger partial charge in [0.25, 0.3) is 11.8 Å². The van der Waals surface area contributed by atoms with Crippen molar-refractivity contribution >= 4 is 17.8 Å². The summed E-state index contributed by atoms with van der Waals surface area (Å²) in [5.74, 6) is -1.99. The largest absolute Gasteiger partial charge is 0.363 e. The minimum absolute atomic E-state index is 0.237. The van der Waals surface area contributed by atoms with E-state index < -0.39 is 17.8 Å². The lowest BCUT2D eigenvalue weighted by Crippen LogP contribution is -2.32. The molecule has 2 amide bonds. The lowest BCUT2D eigenvalue weighted by Gasteiger charge is -2.13. The highest BCUT2D eigenvalue weighted by molar-refractivity contribution is 6.21. The Morgan fingerprint density at radius 2 is 1.41 bits per heavy atom. The zero-order valence-electron chi connectivity index (χ0n) is 12.1. The number of carbonyl (C=O) groups is 3. The van der Waals surface area contributed by atoms with Crippen molar-refractivity contribution in [1.29, 1.82) is 0 Å². The zero-order valence-corrected chi connectivity index (χ0v) is 12.1. The second-order valence-electron chi connectivity index (χ2n) is 5.21. The maximum Gasteiger partial charge on any atom is 0.363 e. The van der Waals surface area contributed by atoms with Crippen LogP contribution in [0.2, 0.25) is 0 Å². The maximum atomic E-state index is 12.2. The van der Waals surface area contributed by atoms with Crippen LogP contribution in [0.25, 0.3) is 0 Å². The third kappa shape index (κ3) is 2.26. The summed E-state index contributed by atoms with van der Waals surface area (Å²) in [5.41, 5.74) is 2.57. The van der Waals surface area contributed by atoms with E-state index in [1.54, 1.807) is 24.3 Å². The van der Waals surface area contributed by atoms with Crippen LogP contribution in [0.1, 0.15) is 42.2 Å². The topological polar surface area (TPSA) is 63.7 Å². The highest BCUT2D eigenvalue weighted by Crippen LogP contribution is 2.23. The zero-order chi connectivity index (χ0) is 15.9. The molecule has 22 heavy (non-hydrogen) atoms. The van der Waals surface area contributed by atoms with Crippen LogP contribution in [-0.4, -0.2) is 22.8 Å². The van der Waals surface area contributed by atoms with Crippen LogP contribution in [0.5, 0.6) is 0 Å². The van der Waals surface area contributed by atoms with Gasteiger partial charge in [-0.15, -0.1) is 0 Å². The average molecular weight is 295 g/mol. The van der Waals surface area contributed by atoms with E-state index in [0.29, 0.717) is 10.6 Å². The van der Waals surface area contributed by atoms with Gasteiger partial charge >= 0.3 is 5.97 Å². The summed E-state index contributed by atoms with van der Waals surface area (Å²) in [5, 5.41) is 0.519. The van der Waals surface area contributed by atoms with Crippen LogP contribution in [-0.2, 0) is 4.84 Å². The second kappa shape index (κ2) is 5.11. The van der Waals surface area contributed by atoms with Crippen molar-refractivity contribution in [2.24, 2.45) is 0 Å². The van der Waals surface area contributed by atoms with E-state index in [1.165, 1.54) is 12.1 Å². The lowest BCUT2D eigenvalue weighted by molar-refractivity contribution is -0.0584. The first kappa shape index (κ1) is 14.0. The quantitative estimate of drug-likeness (QED) is 0.799. The van der Waals surface area contributed by atoms with Crippen LogP contribution in [0.4, 0.5) is 0 Å². The Morgan fingerprint density at radius 1 is 0.909 bits per heavy atom. The number of benzene rings is 2. The third-order valence-electron chi connectivity index (χ3n) is 3.39. The van der Waals surface area contributed by atoms with Crippen LogP contribution in [0.3, 0.4) is 0 Å². The average Bonchev–Trinajstić information content (AvgIpc) is 2.72. The summed E-state index contributed by atoms with van der Waals surface area (Å²) in [6, 6.07) is 11.6. The molecule has 5 nitrogen and oxygen atoms in total. The first-order chi connectivity index (χ1) is 10.5. The normalized spacial score (nSPS) is 13.3. The summed E-state index contributed by atoms with van der Waals surface area (Å²) in [6.45, 7) is 3.71. The number of fused-ring (bicyclic) bond motifs is 1. The Kier molecular flexibility index (Phi) is 3.25. The monoisotopic (exact) mass is 295 g/mol. The van der Waals surface area contributed by atoms with Crippen molar-refractivity contribution in [2.45, 2.75) is 13.8 Å². The fourth-order valence-corrected chi connectivity index (χ4v) is 2.48. The van der Waals surface area contributed by atoms with Crippen molar-refractivity contribution in [3.63, 3.8) is 0 Å². The van der Waals surface area contributed by atoms with Gasteiger partial charge in [-0.3, -0.25) is 9.59 Å². The first-order valence-corrected chi connectivity index (χ1v) is 6.76. The molecule has 3 rings (SSSR count). The predicted molar refractivity (Wildman–Crippen MR) is 78.3 cm³/mol. The van der Waals surface area contributed by atoms with E-state index in [0.717, 1.165) is 11.1 Å². The molecule has 0 saturated carbocycles. The highest BCUT2D eigenvalue weighted by atomic mass is 16.7. The Labute approximate surface area is 127 Å². The van der Waals surface area contributed by atoms with Crippen molar-refractivity contribution < 1.29 is 19.2 Å². The third-order valence-corrected chi connectivity index (χ3v) is 3.39. The standard InChI is InChI=1S/C17H13NO4/c1-10-7-11(2)9-12(8-10)17(21)22-18-15(19)13-5-3-4-6-14(13)16(18)20/h3-9H,1-2H3. The molecule has 0 aromatic heterocycles. The number of nitrogens with zero attached hydrogens (tertiary/aromatic N) is 1. The molecule has 1 aliphatic heterocycles. The number of hydroxylamine groups is 2. The Morgan fingerprint density at radius 3 is 1.91 bits per heavy atom. The summed E-state index contributed by atoms with van der Waals surface area (Å²) in [4.78, 5) is 41.5. The van der Waals surface area contributed by atoms with Crippen molar-refractivity contribution in [1.82, 2.24) is 5.06 Å². The first-order valence-electron chi connectivity index (χ1n) is 6.76. The molecule has 110 valence electrons. The van der Waals surface area contributed by atoms with E-state index in [9.17, 15) is 14.4 Å². The fraction of sp³-hybridized carbons (Fsp3) is 0.118. The van der Waals surface area contributed by atoms with Crippen LogP contribution >= 0.6 is 0 Å². The molecule has 1 heterocycles. The van der Waals surface area contributed by atoms with Crippen LogP contribution in [0, 0.1) is 13.8 Å². The van der Waals surface area contributed by atoms with Crippen molar-refractivity contribution in [3.8, 4) is 0 Å². The van der Waals surface area contributed by atoms with Gasteiger partial charge in [-0.2, -0.15) is 0 Å². The Hall–Kier alpha value is -2.95. The van der Waals surface area contributed by atoms with Gasteiger partial charge in [-0.05, 0) is 38.1 Å². The number of rotatable bonds is 2. The Balaban J connectivity index is 1.87. The maximum absolute atomic E-state index is 12.2. The molecule has 0 aliphatic carbocycles. The number of imide groups is 1. The molecule has 0 saturated heterocycles. The molecule has 2 aromatic rings. The molecule has 0 N–H and O–H groups in total. The number of carbonyl (C=O) groups excluding carboxylic acids is 3. The number of aryl methyl sites for hydroxylation is 2. The van der Waals surface area contributed by atoms with Crippen molar-refractivity contribution in [3.05, 3.63) is 70.3 Å². The molecule has 0 radical (unpaired) electrons. The predicted octanol–water partition coefficient (Wildman–Crippen LogP) is 2.67. The molecule has 2 aromatic carbocycles. The number of amides is 2. The van der Waals surface area contributed by atoms with Crippen LogP contribution < -0.4 is 0 Å². The van der Waals surface area contributed by atoms with E-state index in [4.69, 9.17) is 4.84 Å². The van der Waals surface area contributed by atoms with Gasteiger partial charge in [0.1, 0.15) is 0 Å². The fourth-order valence-electron chi connectivity index (χ4n) is 2.48. The SMILES string of the molecule is Cc1cc(C)cc(C(=O)ON2C(=O)c3ccccc3C2=O)c1. The minimum Gasteiger partial charge on any atom is -0.324 e. The molecule has 0 spiro atoms. The van der Waals surface area contributed by atoms with Gasteiger partial charge in [-0.1, -0.05) is 34.4 Å². The molecule has 1 aliphatic rings. The summed E-state index contributed by atoms with van der Waals surface area (Å²) in [6.07, 6.45) is 0. The molecule has 0 bridgehead atoms. The van der Waals surface area contributed by atoms with Gasteiger partial charge in [0.15, 0.2) is 0 Å². The minimum atomic E-state index is -0.735.